The fourth-order valence-corrected chi connectivity index (χ4v) is 1.43. The quantitative estimate of drug-likeness (QED) is 0.360. The lowest BCUT2D eigenvalue weighted by Gasteiger charge is -2.04. The molecule has 0 bridgehead atoms. The van der Waals surface area contributed by atoms with Gasteiger partial charge in [0, 0.05) is 5.57 Å². The van der Waals surface area contributed by atoms with Crippen molar-refractivity contribution >= 4 is 29.3 Å². The molecule has 0 fully saturated rings. The highest BCUT2D eigenvalue weighted by Crippen LogP contribution is 2.31. The molecular formula is C11H12ClNO3. The second-order valence-corrected chi connectivity index (χ2v) is 3.67. The van der Waals surface area contributed by atoms with Gasteiger partial charge in [-0.2, -0.15) is 0 Å². The first-order valence-electron chi connectivity index (χ1n) is 4.50. The molecule has 0 aliphatic carbocycles. The van der Waals surface area contributed by atoms with Crippen molar-refractivity contribution in [2.24, 2.45) is 0 Å². The minimum Gasteiger partial charge on any atom is -0.504 e. The molecule has 1 rings (SSSR count). The lowest BCUT2D eigenvalue weighted by molar-refractivity contribution is -0.135. The van der Waals surface area contributed by atoms with Gasteiger partial charge in [0.25, 0.3) is 0 Å². The average Bonchev–Trinajstić information content (AvgIpc) is 2.24. The molecule has 1 aromatic carbocycles. The Morgan fingerprint density at radius 1 is 1.56 bits per heavy atom. The lowest BCUT2D eigenvalue weighted by Crippen LogP contribution is -2.01. The fourth-order valence-electron chi connectivity index (χ4n) is 1.20. The van der Waals surface area contributed by atoms with Crippen molar-refractivity contribution in [3.63, 3.8) is 0 Å². The third kappa shape index (κ3) is 2.67. The van der Waals surface area contributed by atoms with Crippen LogP contribution in [-0.4, -0.2) is 18.2 Å². The number of methoxy groups -OCH3 is 1. The number of carbonyl (C=O) groups is 1. The summed E-state index contributed by atoms with van der Waals surface area (Å²) in [7, 11) is 1.30. The van der Waals surface area contributed by atoms with Gasteiger partial charge in [-0.1, -0.05) is 11.6 Å². The van der Waals surface area contributed by atoms with Gasteiger partial charge >= 0.3 is 5.97 Å². The van der Waals surface area contributed by atoms with Crippen LogP contribution >= 0.6 is 11.6 Å². The number of aromatic hydroxyl groups is 1. The molecule has 86 valence electrons. The van der Waals surface area contributed by atoms with E-state index in [9.17, 15) is 9.90 Å². The Labute approximate surface area is 98.3 Å². The van der Waals surface area contributed by atoms with Crippen LogP contribution in [-0.2, 0) is 9.53 Å². The number of benzene rings is 1. The van der Waals surface area contributed by atoms with E-state index in [1.165, 1.54) is 19.2 Å². The monoisotopic (exact) mass is 241 g/mol. The SMILES string of the molecule is COC(=O)C(C)=Cc1cc(N)c(O)c(Cl)c1. The Morgan fingerprint density at radius 2 is 2.19 bits per heavy atom. The molecule has 16 heavy (non-hydrogen) atoms. The highest BCUT2D eigenvalue weighted by Gasteiger charge is 2.07. The summed E-state index contributed by atoms with van der Waals surface area (Å²) in [4.78, 5) is 11.1. The van der Waals surface area contributed by atoms with E-state index in [-0.39, 0.29) is 16.5 Å². The predicted molar refractivity (Wildman–Crippen MR) is 63.2 cm³/mol. The number of nitrogens with two attached hydrogens (primary N) is 1. The maximum Gasteiger partial charge on any atom is 0.333 e. The number of hydrogen-bond donors (Lipinski definition) is 2. The first-order chi connectivity index (χ1) is 7.45. The van der Waals surface area contributed by atoms with Crippen LogP contribution < -0.4 is 5.73 Å². The van der Waals surface area contributed by atoms with Crippen LogP contribution in [0.4, 0.5) is 5.69 Å². The van der Waals surface area contributed by atoms with E-state index in [0.29, 0.717) is 11.1 Å². The molecule has 0 saturated heterocycles. The Kier molecular flexibility index (Phi) is 3.79. The number of ether oxygens (including phenoxy) is 1. The number of esters is 1. The van der Waals surface area contributed by atoms with Crippen molar-refractivity contribution in [3.05, 3.63) is 28.3 Å². The van der Waals surface area contributed by atoms with Crippen LogP contribution in [0.25, 0.3) is 6.08 Å². The molecule has 0 unspecified atom stereocenters. The predicted octanol–water partition coefficient (Wildman–Crippen LogP) is 2.20. The van der Waals surface area contributed by atoms with Crippen LogP contribution in [0.15, 0.2) is 17.7 Å². The molecule has 4 nitrogen and oxygen atoms in total. The number of hydrogen-bond acceptors (Lipinski definition) is 4. The van der Waals surface area contributed by atoms with Gasteiger partial charge in [-0.15, -0.1) is 0 Å². The van der Waals surface area contributed by atoms with Crippen molar-refractivity contribution in [2.45, 2.75) is 6.92 Å². The number of rotatable bonds is 2. The third-order valence-electron chi connectivity index (χ3n) is 2.01. The van der Waals surface area contributed by atoms with Crippen molar-refractivity contribution < 1.29 is 14.6 Å². The normalized spacial score (nSPS) is 11.3. The topological polar surface area (TPSA) is 72.5 Å². The number of anilines is 1. The molecule has 0 radical (unpaired) electrons. The Morgan fingerprint density at radius 3 is 2.69 bits per heavy atom. The van der Waals surface area contributed by atoms with Crippen LogP contribution in [0.1, 0.15) is 12.5 Å². The second-order valence-electron chi connectivity index (χ2n) is 3.26. The van der Waals surface area contributed by atoms with E-state index >= 15 is 0 Å². The van der Waals surface area contributed by atoms with E-state index in [1.54, 1.807) is 13.0 Å². The molecule has 0 amide bonds. The minimum absolute atomic E-state index is 0.143. The number of phenolic OH excluding ortho intramolecular Hbond substituents is 1. The van der Waals surface area contributed by atoms with Gasteiger partial charge < -0.3 is 15.6 Å². The van der Waals surface area contributed by atoms with Crippen LogP contribution in [0, 0.1) is 0 Å². The standard InChI is InChI=1S/C11H12ClNO3/c1-6(11(15)16-2)3-7-4-8(12)10(14)9(13)5-7/h3-5,14H,13H2,1-2H3. The minimum atomic E-state index is -0.428. The van der Waals surface area contributed by atoms with E-state index < -0.39 is 5.97 Å². The molecule has 0 aliphatic heterocycles. The first kappa shape index (κ1) is 12.4. The summed E-state index contributed by atoms with van der Waals surface area (Å²) in [5, 5.41) is 9.49. The maximum absolute atomic E-state index is 11.1. The molecule has 1 aromatic rings. The Bertz CT molecular complexity index is 432. The van der Waals surface area contributed by atoms with E-state index in [2.05, 4.69) is 4.74 Å². The zero-order chi connectivity index (χ0) is 12.3. The Balaban J connectivity index is 3.12. The highest BCUT2D eigenvalue weighted by atomic mass is 35.5. The molecule has 0 aliphatic rings. The van der Waals surface area contributed by atoms with Gasteiger partial charge in [0.15, 0.2) is 5.75 Å². The van der Waals surface area contributed by atoms with Gasteiger partial charge in [0.2, 0.25) is 0 Å². The molecule has 0 aromatic heterocycles. The van der Waals surface area contributed by atoms with Crippen LogP contribution in [0.3, 0.4) is 0 Å². The maximum atomic E-state index is 11.1. The fraction of sp³-hybridized carbons (Fsp3) is 0.182. The van der Waals surface area contributed by atoms with Gasteiger partial charge in [-0.05, 0) is 30.7 Å². The summed E-state index contributed by atoms with van der Waals surface area (Å²) in [5.74, 6) is -0.586. The first-order valence-corrected chi connectivity index (χ1v) is 4.88. The molecule has 5 heteroatoms. The van der Waals surface area contributed by atoms with E-state index in [4.69, 9.17) is 17.3 Å². The average molecular weight is 242 g/mol. The molecule has 0 spiro atoms. The number of carbonyl (C=O) groups excluding carboxylic acids is 1. The lowest BCUT2D eigenvalue weighted by atomic mass is 10.1. The van der Waals surface area contributed by atoms with Gasteiger partial charge in [0.1, 0.15) is 0 Å². The summed E-state index contributed by atoms with van der Waals surface area (Å²) in [6, 6.07) is 3.04. The molecule has 0 atom stereocenters. The smallest absolute Gasteiger partial charge is 0.333 e. The van der Waals surface area contributed by atoms with Crippen LogP contribution in [0.2, 0.25) is 5.02 Å². The summed E-state index contributed by atoms with van der Waals surface area (Å²) >= 11 is 5.74. The third-order valence-corrected chi connectivity index (χ3v) is 2.29. The highest BCUT2D eigenvalue weighted by molar-refractivity contribution is 6.32. The zero-order valence-electron chi connectivity index (χ0n) is 8.95. The summed E-state index contributed by atoms with van der Waals surface area (Å²) < 4.78 is 4.55. The molecule has 0 heterocycles. The van der Waals surface area contributed by atoms with E-state index in [0.717, 1.165) is 0 Å². The van der Waals surface area contributed by atoms with Crippen molar-refractivity contribution in [2.75, 3.05) is 12.8 Å². The molecule has 0 saturated carbocycles. The van der Waals surface area contributed by atoms with Gasteiger partial charge in [-0.3, -0.25) is 0 Å². The second kappa shape index (κ2) is 4.90. The van der Waals surface area contributed by atoms with E-state index in [1.807, 2.05) is 0 Å². The summed E-state index contributed by atoms with van der Waals surface area (Å²) in [6.07, 6.45) is 1.58. The Hall–Kier alpha value is -1.68. The zero-order valence-corrected chi connectivity index (χ0v) is 9.71. The van der Waals surface area contributed by atoms with Crippen molar-refractivity contribution in [1.82, 2.24) is 0 Å². The van der Waals surface area contributed by atoms with Crippen LogP contribution in [0.5, 0.6) is 5.75 Å². The van der Waals surface area contributed by atoms with Gasteiger partial charge in [-0.25, -0.2) is 4.79 Å². The number of halogens is 1. The summed E-state index contributed by atoms with van der Waals surface area (Å²) in [6.45, 7) is 1.61. The van der Waals surface area contributed by atoms with Crippen molar-refractivity contribution in [1.29, 1.82) is 0 Å². The molecule has 3 N–H and O–H groups in total. The largest absolute Gasteiger partial charge is 0.504 e. The van der Waals surface area contributed by atoms with Gasteiger partial charge in [0.05, 0.1) is 17.8 Å². The molecular weight excluding hydrogens is 230 g/mol. The van der Waals surface area contributed by atoms with Crippen molar-refractivity contribution in [3.8, 4) is 5.75 Å². The number of nitrogen functional groups attached to an aromatic ring is 1. The number of phenols is 1. The summed E-state index contributed by atoms with van der Waals surface area (Å²) in [5.41, 5.74) is 6.74.